The van der Waals surface area contributed by atoms with E-state index in [4.69, 9.17) is 16.3 Å². The number of hydrogen-bond donors (Lipinski definition) is 2. The van der Waals surface area contributed by atoms with E-state index in [-0.39, 0.29) is 12.3 Å². The van der Waals surface area contributed by atoms with Crippen molar-refractivity contribution < 1.29 is 19.1 Å². The van der Waals surface area contributed by atoms with Gasteiger partial charge in [-0.25, -0.2) is 0 Å². The Bertz CT molecular complexity index is 852. The van der Waals surface area contributed by atoms with E-state index in [1.54, 1.807) is 30.3 Å². The summed E-state index contributed by atoms with van der Waals surface area (Å²) >= 11 is 5.88. The highest BCUT2D eigenvalue weighted by molar-refractivity contribution is 6.30. The van der Waals surface area contributed by atoms with Gasteiger partial charge in [-0.1, -0.05) is 35.9 Å². The van der Waals surface area contributed by atoms with Crippen molar-refractivity contribution in [2.45, 2.75) is 39.3 Å². The van der Waals surface area contributed by atoms with Gasteiger partial charge in [0, 0.05) is 17.6 Å². The van der Waals surface area contributed by atoms with Gasteiger partial charge in [-0.15, -0.1) is 0 Å². The molecule has 7 heteroatoms. The van der Waals surface area contributed by atoms with Crippen LogP contribution in [0.15, 0.2) is 48.5 Å². The van der Waals surface area contributed by atoms with Crippen molar-refractivity contribution in [3.63, 3.8) is 0 Å². The summed E-state index contributed by atoms with van der Waals surface area (Å²) < 4.78 is 5.24. The number of hydrogen-bond acceptors (Lipinski definition) is 4. The molecule has 2 unspecified atom stereocenters. The molecule has 2 aromatic carbocycles. The van der Waals surface area contributed by atoms with Gasteiger partial charge in [-0.05, 0) is 49.2 Å². The molecule has 0 radical (unpaired) electrons. The van der Waals surface area contributed by atoms with Crippen LogP contribution in [0.1, 0.15) is 37.4 Å². The smallest absolute Gasteiger partial charge is 0.309 e. The van der Waals surface area contributed by atoms with Crippen molar-refractivity contribution in [2.75, 3.05) is 5.32 Å². The Morgan fingerprint density at radius 3 is 2.39 bits per heavy atom. The summed E-state index contributed by atoms with van der Waals surface area (Å²) in [5.41, 5.74) is 2.35. The summed E-state index contributed by atoms with van der Waals surface area (Å²) in [7, 11) is 0. The Kier molecular flexibility index (Phi) is 7.58. The monoisotopic (exact) mass is 402 g/mol. The number of halogens is 1. The zero-order valence-corrected chi connectivity index (χ0v) is 16.7. The maximum atomic E-state index is 12.3. The first-order valence-corrected chi connectivity index (χ1v) is 9.22. The van der Waals surface area contributed by atoms with Crippen LogP contribution in [0, 0.1) is 6.92 Å². The number of carbonyl (C=O) groups excluding carboxylic acids is 3. The molecule has 0 spiro atoms. The molecule has 0 saturated heterocycles. The lowest BCUT2D eigenvalue weighted by molar-refractivity contribution is -0.153. The molecular weight excluding hydrogens is 380 g/mol. The first-order chi connectivity index (χ1) is 13.2. The Morgan fingerprint density at radius 2 is 1.79 bits per heavy atom. The largest absolute Gasteiger partial charge is 0.452 e. The third-order valence-corrected chi connectivity index (χ3v) is 4.24. The van der Waals surface area contributed by atoms with E-state index >= 15 is 0 Å². The highest BCUT2D eigenvalue weighted by atomic mass is 35.5. The lowest BCUT2D eigenvalue weighted by atomic mass is 10.0. The summed E-state index contributed by atoms with van der Waals surface area (Å²) in [6.07, 6.45) is -1.08. The minimum Gasteiger partial charge on any atom is -0.452 e. The molecule has 0 fully saturated rings. The molecule has 0 aliphatic heterocycles. The molecule has 0 aliphatic rings. The van der Waals surface area contributed by atoms with Gasteiger partial charge < -0.3 is 15.4 Å². The van der Waals surface area contributed by atoms with E-state index < -0.39 is 24.0 Å². The highest BCUT2D eigenvalue weighted by Gasteiger charge is 2.22. The second kappa shape index (κ2) is 9.90. The predicted octanol–water partition coefficient (Wildman–Crippen LogP) is 3.79. The number of amides is 2. The maximum Gasteiger partial charge on any atom is 0.309 e. The number of aryl methyl sites for hydroxylation is 1. The third kappa shape index (κ3) is 6.70. The summed E-state index contributed by atoms with van der Waals surface area (Å²) in [6, 6.07) is 13.5. The van der Waals surface area contributed by atoms with Crippen molar-refractivity contribution in [2.24, 2.45) is 0 Å². The number of rotatable bonds is 7. The molecule has 2 N–H and O–H groups in total. The van der Waals surface area contributed by atoms with Crippen molar-refractivity contribution in [1.29, 1.82) is 0 Å². The molecule has 0 aliphatic carbocycles. The quantitative estimate of drug-likeness (QED) is 0.690. The Balaban J connectivity index is 1.97. The number of esters is 1. The van der Waals surface area contributed by atoms with Crippen LogP contribution < -0.4 is 10.6 Å². The van der Waals surface area contributed by atoms with Crippen LogP contribution in [0.5, 0.6) is 0 Å². The van der Waals surface area contributed by atoms with Crippen LogP contribution in [-0.4, -0.2) is 23.9 Å². The Labute approximate surface area is 169 Å². The maximum absolute atomic E-state index is 12.3. The molecule has 2 amide bonds. The Hall–Kier alpha value is -2.86. The van der Waals surface area contributed by atoms with Crippen LogP contribution in [0.2, 0.25) is 5.02 Å². The van der Waals surface area contributed by atoms with Crippen LogP contribution in [-0.2, 0) is 19.1 Å². The first-order valence-electron chi connectivity index (χ1n) is 8.84. The normalized spacial score (nSPS) is 12.6. The van der Waals surface area contributed by atoms with Crippen molar-refractivity contribution in [1.82, 2.24) is 5.32 Å². The minimum atomic E-state index is -0.976. The fraction of sp³-hybridized carbons (Fsp3) is 0.286. The van der Waals surface area contributed by atoms with Gasteiger partial charge in [0.15, 0.2) is 6.10 Å². The Morgan fingerprint density at radius 1 is 1.11 bits per heavy atom. The fourth-order valence-corrected chi connectivity index (χ4v) is 2.75. The summed E-state index contributed by atoms with van der Waals surface area (Å²) in [5.74, 6) is -1.31. The average Bonchev–Trinajstić information content (AvgIpc) is 2.61. The van der Waals surface area contributed by atoms with Gasteiger partial charge in [0.05, 0.1) is 12.5 Å². The lowest BCUT2D eigenvalue weighted by Crippen LogP contribution is -2.33. The molecule has 0 saturated carbocycles. The van der Waals surface area contributed by atoms with Crippen LogP contribution >= 0.6 is 11.6 Å². The summed E-state index contributed by atoms with van der Waals surface area (Å²) in [6.45, 7) is 4.78. The first kappa shape index (κ1) is 21.4. The number of anilines is 1. The molecule has 0 heterocycles. The highest BCUT2D eigenvalue weighted by Crippen LogP contribution is 2.20. The molecule has 6 nitrogen and oxygen atoms in total. The number of nitrogens with one attached hydrogen (secondary N) is 2. The lowest BCUT2D eigenvalue weighted by Gasteiger charge is -2.19. The molecule has 0 aromatic heterocycles. The second-order valence-corrected chi connectivity index (χ2v) is 6.94. The standard InChI is InChI=1S/C21H23ClN2O4/c1-13-5-4-6-18(11-13)24-21(27)14(2)28-20(26)12-19(23-15(3)25)16-7-9-17(22)10-8-16/h4-11,14,19H,12H2,1-3H3,(H,23,25)(H,24,27). The zero-order valence-electron chi connectivity index (χ0n) is 16.0. The molecule has 2 rings (SSSR count). The fourth-order valence-electron chi connectivity index (χ4n) is 2.62. The van der Waals surface area contributed by atoms with E-state index in [1.165, 1.54) is 13.8 Å². The molecule has 28 heavy (non-hydrogen) atoms. The SMILES string of the molecule is CC(=O)NC(CC(=O)OC(C)C(=O)Nc1cccc(C)c1)c1ccc(Cl)cc1. The van der Waals surface area contributed by atoms with Gasteiger partial charge in [0.1, 0.15) is 0 Å². The van der Waals surface area contributed by atoms with Crippen LogP contribution in [0.3, 0.4) is 0 Å². The molecule has 2 atom stereocenters. The van der Waals surface area contributed by atoms with E-state index in [2.05, 4.69) is 10.6 Å². The minimum absolute atomic E-state index is 0.108. The van der Waals surface area contributed by atoms with Gasteiger partial charge in [0.25, 0.3) is 5.91 Å². The third-order valence-electron chi connectivity index (χ3n) is 3.98. The zero-order chi connectivity index (χ0) is 20.7. The molecule has 0 bridgehead atoms. The predicted molar refractivity (Wildman–Crippen MR) is 108 cm³/mol. The van der Waals surface area contributed by atoms with Crippen molar-refractivity contribution >= 4 is 35.1 Å². The second-order valence-electron chi connectivity index (χ2n) is 6.50. The van der Waals surface area contributed by atoms with Gasteiger partial charge >= 0.3 is 5.97 Å². The van der Waals surface area contributed by atoms with Crippen molar-refractivity contribution in [3.05, 3.63) is 64.7 Å². The van der Waals surface area contributed by atoms with Gasteiger partial charge in [0.2, 0.25) is 5.91 Å². The molecule has 148 valence electrons. The average molecular weight is 403 g/mol. The topological polar surface area (TPSA) is 84.5 Å². The summed E-state index contributed by atoms with van der Waals surface area (Å²) in [5, 5.41) is 5.97. The number of carbonyl (C=O) groups is 3. The molecule has 2 aromatic rings. The number of ether oxygens (including phenoxy) is 1. The van der Waals surface area contributed by atoms with Gasteiger partial charge in [-0.2, -0.15) is 0 Å². The van der Waals surface area contributed by atoms with E-state index in [9.17, 15) is 14.4 Å². The van der Waals surface area contributed by atoms with E-state index in [0.717, 1.165) is 5.56 Å². The molecular formula is C21H23ClN2O4. The van der Waals surface area contributed by atoms with Crippen LogP contribution in [0.25, 0.3) is 0 Å². The van der Waals surface area contributed by atoms with Crippen LogP contribution in [0.4, 0.5) is 5.69 Å². The van der Waals surface area contributed by atoms with E-state index in [0.29, 0.717) is 16.3 Å². The number of benzene rings is 2. The van der Waals surface area contributed by atoms with Gasteiger partial charge in [-0.3, -0.25) is 14.4 Å². The summed E-state index contributed by atoms with van der Waals surface area (Å²) in [4.78, 5) is 36.1. The van der Waals surface area contributed by atoms with Crippen molar-refractivity contribution in [3.8, 4) is 0 Å². The van der Waals surface area contributed by atoms with E-state index in [1.807, 2.05) is 25.1 Å².